The van der Waals surface area contributed by atoms with Gasteiger partial charge in [0, 0.05) is 5.39 Å². The molecule has 1 unspecified atom stereocenters. The molecule has 5 nitrogen and oxygen atoms in total. The van der Waals surface area contributed by atoms with Gasteiger partial charge in [0.2, 0.25) is 5.91 Å². The average Bonchev–Trinajstić information content (AvgIpc) is 2.73. The molecule has 94 valence electrons. The summed E-state index contributed by atoms with van der Waals surface area (Å²) in [7, 11) is 0. The van der Waals surface area contributed by atoms with E-state index in [1.807, 2.05) is 12.1 Å². The van der Waals surface area contributed by atoms with E-state index in [-0.39, 0.29) is 6.42 Å². The maximum absolute atomic E-state index is 11.8. The standard InChI is InChI=1S/C13H13NO4/c1-2-8(13(16)17)12(15)14-10-7-18-11-6-4-3-5-9(10)11/h3-8H,2H2,1H3,(H,14,15)(H,16,17). The van der Waals surface area contributed by atoms with Crippen molar-refractivity contribution in [1.82, 2.24) is 0 Å². The highest BCUT2D eigenvalue weighted by Gasteiger charge is 2.24. The first-order valence-corrected chi connectivity index (χ1v) is 5.63. The van der Waals surface area contributed by atoms with Crippen LogP contribution < -0.4 is 5.32 Å². The third kappa shape index (κ3) is 2.20. The number of anilines is 1. The highest BCUT2D eigenvalue weighted by atomic mass is 16.4. The summed E-state index contributed by atoms with van der Waals surface area (Å²) in [5, 5.41) is 12.2. The van der Waals surface area contributed by atoms with Gasteiger partial charge in [-0.05, 0) is 18.6 Å². The van der Waals surface area contributed by atoms with Gasteiger partial charge in [0.1, 0.15) is 17.8 Å². The summed E-state index contributed by atoms with van der Waals surface area (Å²) in [6.45, 7) is 1.66. The molecule has 0 saturated carbocycles. The van der Waals surface area contributed by atoms with E-state index in [1.54, 1.807) is 19.1 Å². The molecule has 0 fully saturated rings. The topological polar surface area (TPSA) is 79.5 Å². The summed E-state index contributed by atoms with van der Waals surface area (Å²) >= 11 is 0. The Morgan fingerprint density at radius 3 is 2.78 bits per heavy atom. The molecule has 2 N–H and O–H groups in total. The summed E-state index contributed by atoms with van der Waals surface area (Å²) in [5.41, 5.74) is 1.14. The number of furan rings is 1. The summed E-state index contributed by atoms with van der Waals surface area (Å²) in [4.78, 5) is 22.7. The van der Waals surface area contributed by atoms with Gasteiger partial charge in [-0.15, -0.1) is 0 Å². The van der Waals surface area contributed by atoms with Gasteiger partial charge in [-0.3, -0.25) is 9.59 Å². The van der Waals surface area contributed by atoms with Crippen molar-refractivity contribution < 1.29 is 19.1 Å². The van der Waals surface area contributed by atoms with Gasteiger partial charge < -0.3 is 14.8 Å². The Balaban J connectivity index is 2.24. The van der Waals surface area contributed by atoms with Crippen LogP contribution in [0.2, 0.25) is 0 Å². The van der Waals surface area contributed by atoms with Crippen LogP contribution in [-0.4, -0.2) is 17.0 Å². The summed E-state index contributed by atoms with van der Waals surface area (Å²) < 4.78 is 5.26. The monoisotopic (exact) mass is 247 g/mol. The summed E-state index contributed by atoms with van der Waals surface area (Å²) in [6, 6.07) is 7.22. The van der Waals surface area contributed by atoms with Crippen LogP contribution in [0.1, 0.15) is 13.3 Å². The van der Waals surface area contributed by atoms with E-state index in [0.29, 0.717) is 11.3 Å². The van der Waals surface area contributed by atoms with Crippen molar-refractivity contribution in [3.05, 3.63) is 30.5 Å². The molecule has 2 rings (SSSR count). The van der Waals surface area contributed by atoms with Crippen molar-refractivity contribution in [2.75, 3.05) is 5.32 Å². The number of aliphatic carboxylic acids is 1. The molecule has 0 radical (unpaired) electrons. The van der Waals surface area contributed by atoms with E-state index in [1.165, 1.54) is 6.26 Å². The minimum absolute atomic E-state index is 0.247. The number of para-hydroxylation sites is 1. The SMILES string of the molecule is CCC(C(=O)O)C(=O)Nc1coc2ccccc12. The zero-order valence-corrected chi connectivity index (χ0v) is 9.84. The predicted molar refractivity (Wildman–Crippen MR) is 66.3 cm³/mol. The molecular formula is C13H13NO4. The van der Waals surface area contributed by atoms with Crippen LogP contribution in [0.4, 0.5) is 5.69 Å². The highest BCUT2D eigenvalue weighted by Crippen LogP contribution is 2.25. The molecule has 1 amide bonds. The van der Waals surface area contributed by atoms with Gasteiger partial charge in [-0.1, -0.05) is 19.1 Å². The molecule has 1 heterocycles. The van der Waals surface area contributed by atoms with E-state index in [4.69, 9.17) is 9.52 Å². The third-order valence-electron chi connectivity index (χ3n) is 2.76. The minimum atomic E-state index is -1.12. The third-order valence-corrected chi connectivity index (χ3v) is 2.76. The van der Waals surface area contributed by atoms with Crippen LogP contribution in [0.25, 0.3) is 11.0 Å². The second-order valence-electron chi connectivity index (χ2n) is 3.93. The minimum Gasteiger partial charge on any atom is -0.481 e. The predicted octanol–water partition coefficient (Wildman–Crippen LogP) is 2.48. The lowest BCUT2D eigenvalue weighted by Gasteiger charge is -2.09. The van der Waals surface area contributed by atoms with Crippen LogP contribution in [0.15, 0.2) is 34.9 Å². The fourth-order valence-electron chi connectivity index (χ4n) is 1.77. The molecule has 0 aliphatic carbocycles. The zero-order chi connectivity index (χ0) is 13.1. The molecule has 0 saturated heterocycles. The number of carboxylic acid groups (broad SMARTS) is 1. The van der Waals surface area contributed by atoms with Crippen molar-refractivity contribution in [3.8, 4) is 0 Å². The maximum atomic E-state index is 11.8. The Morgan fingerprint density at radius 1 is 1.39 bits per heavy atom. The van der Waals surface area contributed by atoms with Crippen LogP contribution in [0.5, 0.6) is 0 Å². The van der Waals surface area contributed by atoms with Crippen molar-refractivity contribution in [1.29, 1.82) is 0 Å². The Morgan fingerprint density at radius 2 is 2.11 bits per heavy atom. The Bertz CT molecular complexity index is 587. The van der Waals surface area contributed by atoms with Gasteiger partial charge >= 0.3 is 5.97 Å². The van der Waals surface area contributed by atoms with E-state index in [9.17, 15) is 9.59 Å². The molecule has 0 spiro atoms. The largest absolute Gasteiger partial charge is 0.481 e. The lowest BCUT2D eigenvalue weighted by atomic mass is 10.1. The molecule has 0 aliphatic rings. The van der Waals surface area contributed by atoms with Crippen LogP contribution in [0, 0.1) is 5.92 Å². The second kappa shape index (κ2) is 4.91. The van der Waals surface area contributed by atoms with Gasteiger partial charge in [-0.2, -0.15) is 0 Å². The van der Waals surface area contributed by atoms with E-state index in [2.05, 4.69) is 5.32 Å². The number of carboxylic acids is 1. The number of fused-ring (bicyclic) bond motifs is 1. The number of hydrogen-bond donors (Lipinski definition) is 2. The molecule has 1 aromatic heterocycles. The molecule has 5 heteroatoms. The van der Waals surface area contributed by atoms with E-state index < -0.39 is 17.8 Å². The number of carbonyl (C=O) groups excluding carboxylic acids is 1. The smallest absolute Gasteiger partial charge is 0.316 e. The van der Waals surface area contributed by atoms with Crippen molar-refractivity contribution in [3.63, 3.8) is 0 Å². The Kier molecular flexibility index (Phi) is 3.32. The number of rotatable bonds is 4. The molecule has 1 aromatic carbocycles. The first-order valence-electron chi connectivity index (χ1n) is 5.63. The van der Waals surface area contributed by atoms with Gasteiger partial charge in [0.25, 0.3) is 0 Å². The lowest BCUT2D eigenvalue weighted by Crippen LogP contribution is -2.28. The fraction of sp³-hybridized carbons (Fsp3) is 0.231. The number of amides is 1. The van der Waals surface area contributed by atoms with Gasteiger partial charge in [0.05, 0.1) is 5.69 Å². The Hall–Kier alpha value is -2.30. The van der Waals surface area contributed by atoms with E-state index in [0.717, 1.165) is 5.39 Å². The number of carbonyl (C=O) groups is 2. The van der Waals surface area contributed by atoms with Crippen molar-refractivity contribution in [2.45, 2.75) is 13.3 Å². The normalized spacial score (nSPS) is 12.3. The number of hydrogen-bond acceptors (Lipinski definition) is 3. The second-order valence-corrected chi connectivity index (χ2v) is 3.93. The summed E-state index contributed by atoms with van der Waals surface area (Å²) in [6.07, 6.45) is 1.66. The van der Waals surface area contributed by atoms with Gasteiger partial charge in [0.15, 0.2) is 0 Å². The molecule has 0 aliphatic heterocycles. The fourth-order valence-corrected chi connectivity index (χ4v) is 1.77. The number of benzene rings is 1. The van der Waals surface area contributed by atoms with Crippen molar-refractivity contribution in [2.24, 2.45) is 5.92 Å². The molecule has 1 atom stereocenters. The molecular weight excluding hydrogens is 234 g/mol. The molecule has 2 aromatic rings. The summed E-state index contributed by atoms with van der Waals surface area (Å²) in [5.74, 6) is -2.70. The number of nitrogens with one attached hydrogen (secondary N) is 1. The van der Waals surface area contributed by atoms with Crippen LogP contribution >= 0.6 is 0 Å². The Labute approximate surface area is 103 Å². The quantitative estimate of drug-likeness (QED) is 0.813. The molecule has 0 bridgehead atoms. The van der Waals surface area contributed by atoms with Gasteiger partial charge in [-0.25, -0.2) is 0 Å². The highest BCUT2D eigenvalue weighted by molar-refractivity contribution is 6.07. The van der Waals surface area contributed by atoms with E-state index >= 15 is 0 Å². The lowest BCUT2D eigenvalue weighted by molar-refractivity contribution is -0.145. The maximum Gasteiger partial charge on any atom is 0.316 e. The molecule has 18 heavy (non-hydrogen) atoms. The first kappa shape index (κ1) is 12.2. The van der Waals surface area contributed by atoms with Crippen LogP contribution in [-0.2, 0) is 9.59 Å². The first-order chi connectivity index (χ1) is 8.63. The van der Waals surface area contributed by atoms with Crippen molar-refractivity contribution >= 4 is 28.5 Å². The van der Waals surface area contributed by atoms with Crippen LogP contribution in [0.3, 0.4) is 0 Å². The zero-order valence-electron chi connectivity index (χ0n) is 9.84. The average molecular weight is 247 g/mol.